The molecule has 4 N–H and O–H groups in total. The number of aliphatic hydroxyl groups is 2. The van der Waals surface area contributed by atoms with E-state index in [4.69, 9.17) is 9.84 Å². The molecule has 1 aliphatic heterocycles. The summed E-state index contributed by atoms with van der Waals surface area (Å²) in [7, 11) is 0. The first kappa shape index (κ1) is 19.0. The molecular weight excluding hydrogens is 354 g/mol. The first-order chi connectivity index (χ1) is 13.0. The molecule has 1 saturated heterocycles. The fourth-order valence-corrected chi connectivity index (χ4v) is 2.97. The standard InChI is InChI=1S/C18H21N3O6/c22-10-14-13(23)8-15(27-14)21-9-12(17(25)20-18(21)26)16(24)19-7-6-11-4-2-1-3-5-11/h1-5,9,13-15,22-23H,6-8,10H2,(H,19,24)(H,20,25,26)/t13-,14+,15+/m0/s1. The van der Waals surface area contributed by atoms with Crippen molar-refractivity contribution in [3.63, 3.8) is 0 Å². The van der Waals surface area contributed by atoms with E-state index < -0.39 is 42.2 Å². The van der Waals surface area contributed by atoms with E-state index in [0.29, 0.717) is 13.0 Å². The summed E-state index contributed by atoms with van der Waals surface area (Å²) in [6.45, 7) is -0.0742. The van der Waals surface area contributed by atoms with Crippen LogP contribution in [-0.2, 0) is 11.2 Å². The Balaban J connectivity index is 1.72. The SMILES string of the molecule is O=C(NCCc1ccccc1)c1cn([C@H]2C[C@H](O)[C@@H](CO)O2)c(=O)[nH]c1=O. The van der Waals surface area contributed by atoms with Gasteiger partial charge in [-0.3, -0.25) is 19.1 Å². The summed E-state index contributed by atoms with van der Waals surface area (Å²) in [6, 6.07) is 9.55. The Labute approximate surface area is 154 Å². The molecule has 0 radical (unpaired) electrons. The van der Waals surface area contributed by atoms with Gasteiger partial charge in [-0.05, 0) is 12.0 Å². The van der Waals surface area contributed by atoms with Crippen LogP contribution in [-0.4, -0.2) is 51.0 Å². The summed E-state index contributed by atoms with van der Waals surface area (Å²) in [5.74, 6) is -0.613. The lowest BCUT2D eigenvalue weighted by atomic mass is 10.1. The highest BCUT2D eigenvalue weighted by molar-refractivity contribution is 5.93. The monoisotopic (exact) mass is 375 g/mol. The molecule has 144 valence electrons. The normalized spacial score (nSPS) is 21.9. The predicted molar refractivity (Wildman–Crippen MR) is 95.4 cm³/mol. The maximum atomic E-state index is 12.3. The summed E-state index contributed by atoms with van der Waals surface area (Å²) in [5, 5.41) is 21.6. The van der Waals surface area contributed by atoms with Crippen molar-refractivity contribution in [3.8, 4) is 0 Å². The van der Waals surface area contributed by atoms with E-state index in [9.17, 15) is 19.5 Å². The number of hydrogen-bond acceptors (Lipinski definition) is 6. The van der Waals surface area contributed by atoms with E-state index in [0.717, 1.165) is 16.3 Å². The summed E-state index contributed by atoms with van der Waals surface area (Å²) in [6.07, 6.45) is -0.862. The smallest absolute Gasteiger partial charge is 0.330 e. The first-order valence-electron chi connectivity index (χ1n) is 8.61. The van der Waals surface area contributed by atoms with Gasteiger partial charge in [0.2, 0.25) is 0 Å². The summed E-state index contributed by atoms with van der Waals surface area (Å²) < 4.78 is 6.46. The van der Waals surface area contributed by atoms with Gasteiger partial charge in [-0.25, -0.2) is 4.79 Å². The van der Waals surface area contributed by atoms with Crippen molar-refractivity contribution in [1.29, 1.82) is 0 Å². The fourth-order valence-electron chi connectivity index (χ4n) is 2.97. The van der Waals surface area contributed by atoms with Crippen LogP contribution in [0.4, 0.5) is 0 Å². The molecule has 0 spiro atoms. The lowest BCUT2D eigenvalue weighted by Gasteiger charge is -2.15. The van der Waals surface area contributed by atoms with Crippen LogP contribution in [0.1, 0.15) is 28.6 Å². The number of benzene rings is 1. The minimum Gasteiger partial charge on any atom is -0.394 e. The molecule has 1 aromatic heterocycles. The first-order valence-corrected chi connectivity index (χ1v) is 8.61. The van der Waals surface area contributed by atoms with Crippen LogP contribution in [0.2, 0.25) is 0 Å². The Morgan fingerprint density at radius 2 is 2.04 bits per heavy atom. The number of carbonyl (C=O) groups excluding carboxylic acids is 1. The number of hydrogen-bond donors (Lipinski definition) is 4. The highest BCUT2D eigenvalue weighted by Crippen LogP contribution is 2.27. The third kappa shape index (κ3) is 4.33. The Hall–Kier alpha value is -2.75. The van der Waals surface area contributed by atoms with Crippen LogP contribution in [0.5, 0.6) is 0 Å². The van der Waals surface area contributed by atoms with Crippen LogP contribution in [0, 0.1) is 0 Å². The minimum atomic E-state index is -0.943. The summed E-state index contributed by atoms with van der Waals surface area (Å²) in [4.78, 5) is 38.5. The number of H-pyrrole nitrogens is 1. The molecule has 9 nitrogen and oxygen atoms in total. The molecule has 0 aliphatic carbocycles. The molecule has 1 fully saturated rings. The zero-order valence-electron chi connectivity index (χ0n) is 14.5. The third-order valence-electron chi connectivity index (χ3n) is 4.45. The van der Waals surface area contributed by atoms with Gasteiger partial charge < -0.3 is 20.3 Å². The van der Waals surface area contributed by atoms with Gasteiger partial charge in [0, 0.05) is 19.2 Å². The van der Waals surface area contributed by atoms with E-state index in [-0.39, 0.29) is 12.0 Å². The van der Waals surface area contributed by atoms with Crippen molar-refractivity contribution in [3.05, 3.63) is 68.5 Å². The van der Waals surface area contributed by atoms with Crippen molar-refractivity contribution >= 4 is 5.91 Å². The zero-order chi connectivity index (χ0) is 19.4. The number of aromatic nitrogens is 2. The van der Waals surface area contributed by atoms with E-state index in [2.05, 4.69) is 10.3 Å². The van der Waals surface area contributed by atoms with E-state index in [1.807, 2.05) is 30.3 Å². The van der Waals surface area contributed by atoms with Crippen LogP contribution in [0.15, 0.2) is 46.1 Å². The van der Waals surface area contributed by atoms with Crippen molar-refractivity contribution in [2.45, 2.75) is 31.3 Å². The van der Waals surface area contributed by atoms with Gasteiger partial charge >= 0.3 is 5.69 Å². The van der Waals surface area contributed by atoms with Crippen LogP contribution >= 0.6 is 0 Å². The Morgan fingerprint density at radius 3 is 2.70 bits per heavy atom. The molecule has 9 heteroatoms. The molecule has 0 unspecified atom stereocenters. The molecular formula is C18H21N3O6. The van der Waals surface area contributed by atoms with Crippen molar-refractivity contribution < 1.29 is 19.7 Å². The second-order valence-electron chi connectivity index (χ2n) is 6.32. The molecule has 1 amide bonds. The van der Waals surface area contributed by atoms with Crippen LogP contribution in [0.25, 0.3) is 0 Å². The number of rotatable bonds is 6. The predicted octanol–water partition coefficient (Wildman–Crippen LogP) is -0.850. The van der Waals surface area contributed by atoms with Gasteiger partial charge in [0.25, 0.3) is 11.5 Å². The molecule has 1 aliphatic rings. The Kier molecular flexibility index (Phi) is 5.84. The number of ether oxygens (including phenoxy) is 1. The maximum absolute atomic E-state index is 12.3. The molecule has 1 aromatic carbocycles. The number of aliphatic hydroxyl groups excluding tert-OH is 2. The van der Waals surface area contributed by atoms with Crippen LogP contribution in [0.3, 0.4) is 0 Å². The van der Waals surface area contributed by atoms with Gasteiger partial charge in [-0.2, -0.15) is 0 Å². The lowest BCUT2D eigenvalue weighted by Crippen LogP contribution is -2.38. The number of amides is 1. The highest BCUT2D eigenvalue weighted by atomic mass is 16.5. The van der Waals surface area contributed by atoms with Gasteiger partial charge in [0.05, 0.1) is 12.7 Å². The average molecular weight is 375 g/mol. The number of aromatic amines is 1. The fraction of sp³-hybridized carbons (Fsp3) is 0.389. The number of nitrogens with one attached hydrogen (secondary N) is 2. The van der Waals surface area contributed by atoms with Gasteiger partial charge in [-0.15, -0.1) is 0 Å². The van der Waals surface area contributed by atoms with Gasteiger partial charge in [0.1, 0.15) is 17.9 Å². The summed E-state index contributed by atoms with van der Waals surface area (Å²) in [5.41, 5.74) is -0.740. The topological polar surface area (TPSA) is 134 Å². The quantitative estimate of drug-likeness (QED) is 0.520. The van der Waals surface area contributed by atoms with E-state index in [1.54, 1.807) is 0 Å². The molecule has 3 rings (SSSR count). The Morgan fingerprint density at radius 1 is 1.30 bits per heavy atom. The lowest BCUT2D eigenvalue weighted by molar-refractivity contribution is -0.0459. The molecule has 27 heavy (non-hydrogen) atoms. The van der Waals surface area contributed by atoms with E-state index >= 15 is 0 Å². The van der Waals surface area contributed by atoms with Gasteiger partial charge in [0.15, 0.2) is 0 Å². The molecule has 0 saturated carbocycles. The zero-order valence-corrected chi connectivity index (χ0v) is 14.5. The minimum absolute atomic E-state index is 0.0617. The summed E-state index contributed by atoms with van der Waals surface area (Å²) >= 11 is 0. The number of nitrogens with zero attached hydrogens (tertiary/aromatic N) is 1. The maximum Gasteiger partial charge on any atom is 0.330 e. The second-order valence-corrected chi connectivity index (χ2v) is 6.32. The Bertz CT molecular complexity index is 907. The molecule has 3 atom stereocenters. The van der Waals surface area contributed by atoms with Crippen molar-refractivity contribution in [1.82, 2.24) is 14.9 Å². The number of carbonyl (C=O) groups is 1. The van der Waals surface area contributed by atoms with E-state index in [1.165, 1.54) is 0 Å². The largest absolute Gasteiger partial charge is 0.394 e. The molecule has 2 heterocycles. The van der Waals surface area contributed by atoms with Crippen LogP contribution < -0.4 is 16.6 Å². The molecule has 2 aromatic rings. The van der Waals surface area contributed by atoms with Gasteiger partial charge in [-0.1, -0.05) is 30.3 Å². The second kappa shape index (κ2) is 8.30. The van der Waals surface area contributed by atoms with Crippen molar-refractivity contribution in [2.24, 2.45) is 0 Å². The van der Waals surface area contributed by atoms with Crippen molar-refractivity contribution in [2.75, 3.05) is 13.2 Å². The highest BCUT2D eigenvalue weighted by Gasteiger charge is 2.35. The molecule has 0 bridgehead atoms. The average Bonchev–Trinajstić information content (AvgIpc) is 3.03. The third-order valence-corrected chi connectivity index (χ3v) is 4.45.